The van der Waals surface area contributed by atoms with Crippen LogP contribution >= 0.6 is 12.8 Å². The van der Waals surface area contributed by atoms with Gasteiger partial charge in [0.15, 0.2) is 5.60 Å². The molecule has 0 amide bonds. The van der Waals surface area contributed by atoms with Crippen molar-refractivity contribution in [3.63, 3.8) is 0 Å². The first-order valence-electron chi connectivity index (χ1n) is 12.0. The van der Waals surface area contributed by atoms with Crippen LogP contribution in [0.4, 0.5) is 0 Å². The average Bonchev–Trinajstić information content (AvgIpc) is 3.37. The first-order valence-corrected chi connectivity index (χ1v) is 12.4. The number of nitrogens with zero attached hydrogens (tertiary/aromatic N) is 3. The molecule has 186 valence electrons. The number of thiol groups is 1. The summed E-state index contributed by atoms with van der Waals surface area (Å²) < 4.78 is 19.2. The summed E-state index contributed by atoms with van der Waals surface area (Å²) in [6.45, 7) is 3.60. The van der Waals surface area contributed by atoms with Crippen molar-refractivity contribution in [2.75, 3.05) is 33.4 Å². The Morgan fingerprint density at radius 2 is 1.83 bits per heavy atom. The molecule has 0 radical (unpaired) electrons. The summed E-state index contributed by atoms with van der Waals surface area (Å²) >= 11 is 4.11. The van der Waals surface area contributed by atoms with E-state index in [1.807, 2.05) is 34.6 Å². The van der Waals surface area contributed by atoms with Crippen molar-refractivity contribution in [2.24, 2.45) is 0 Å². The van der Waals surface area contributed by atoms with E-state index in [9.17, 15) is 10.4 Å². The molecule has 0 spiro atoms. The number of aliphatic hydroxyl groups is 1. The van der Waals surface area contributed by atoms with E-state index in [-0.39, 0.29) is 5.92 Å². The van der Waals surface area contributed by atoms with Crippen molar-refractivity contribution in [3.05, 3.63) is 89.2 Å². The van der Waals surface area contributed by atoms with E-state index in [0.717, 1.165) is 43.9 Å². The van der Waals surface area contributed by atoms with Crippen LogP contribution in [0, 0.1) is 11.3 Å². The Balaban J connectivity index is 0.000000330. The van der Waals surface area contributed by atoms with E-state index in [2.05, 4.69) is 36.0 Å². The van der Waals surface area contributed by atoms with E-state index in [0.29, 0.717) is 29.0 Å². The van der Waals surface area contributed by atoms with E-state index in [4.69, 9.17) is 14.2 Å². The second-order valence-corrected chi connectivity index (χ2v) is 9.74. The Kier molecular flexibility index (Phi) is 6.91. The maximum Gasteiger partial charge on any atom is 0.174 e. The van der Waals surface area contributed by atoms with Gasteiger partial charge in [-0.05, 0) is 36.1 Å². The number of rotatable bonds is 3. The number of morpholine rings is 1. The number of hydrogen-bond donors (Lipinski definition) is 2. The molecule has 3 heterocycles. The topological polar surface area (TPSA) is 87.8 Å². The highest BCUT2D eigenvalue weighted by Gasteiger charge is 2.69. The summed E-state index contributed by atoms with van der Waals surface area (Å²) in [6, 6.07) is 19.6. The van der Waals surface area contributed by atoms with Gasteiger partial charge >= 0.3 is 0 Å². The van der Waals surface area contributed by atoms with Crippen molar-refractivity contribution in [1.82, 2.24) is 9.29 Å². The summed E-state index contributed by atoms with van der Waals surface area (Å²) in [6.07, 6.45) is 4.54. The molecule has 3 unspecified atom stereocenters. The van der Waals surface area contributed by atoms with E-state index in [1.165, 1.54) is 0 Å². The Morgan fingerprint density at radius 1 is 1.11 bits per heavy atom. The predicted molar refractivity (Wildman–Crippen MR) is 138 cm³/mol. The summed E-state index contributed by atoms with van der Waals surface area (Å²) in [5.41, 5.74) is 0.860. The predicted octanol–water partition coefficient (Wildman–Crippen LogP) is 4.18. The molecule has 2 aliphatic heterocycles. The van der Waals surface area contributed by atoms with Gasteiger partial charge in [-0.15, -0.1) is 0 Å². The lowest BCUT2D eigenvalue weighted by atomic mass is 9.71. The number of hydrogen-bond acceptors (Lipinski definition) is 8. The summed E-state index contributed by atoms with van der Waals surface area (Å²) in [4.78, 5) is 4.23. The molecular weight excluding hydrogens is 474 g/mol. The Bertz CT molecular complexity index is 1240. The molecule has 1 N–H and O–H groups in total. The minimum Gasteiger partial charge on any atom is -0.495 e. The summed E-state index contributed by atoms with van der Waals surface area (Å²) in [7, 11) is 1.58. The monoisotopic (exact) mass is 503 g/mol. The van der Waals surface area contributed by atoms with E-state index >= 15 is 0 Å². The van der Waals surface area contributed by atoms with Crippen LogP contribution in [0.15, 0.2) is 67.0 Å². The van der Waals surface area contributed by atoms with Crippen LogP contribution in [0.1, 0.15) is 41.0 Å². The highest BCUT2D eigenvalue weighted by atomic mass is 32.1. The number of aromatic nitrogens is 1. The van der Waals surface area contributed by atoms with Gasteiger partial charge in [0, 0.05) is 19.0 Å². The molecule has 36 heavy (non-hydrogen) atoms. The van der Waals surface area contributed by atoms with Gasteiger partial charge in [-0.3, -0.25) is 4.98 Å². The third-order valence-corrected chi connectivity index (χ3v) is 7.71. The number of benzene rings is 2. The highest BCUT2D eigenvalue weighted by Crippen LogP contribution is 2.67. The second kappa shape index (κ2) is 10.1. The quantitative estimate of drug-likeness (QED) is 0.519. The fourth-order valence-electron chi connectivity index (χ4n) is 5.66. The van der Waals surface area contributed by atoms with Crippen molar-refractivity contribution in [2.45, 2.75) is 30.0 Å². The van der Waals surface area contributed by atoms with Gasteiger partial charge in [0.25, 0.3) is 0 Å². The van der Waals surface area contributed by atoms with Gasteiger partial charge in [-0.2, -0.15) is 5.26 Å². The average molecular weight is 504 g/mol. The maximum absolute atomic E-state index is 12.2. The van der Waals surface area contributed by atoms with Gasteiger partial charge in [-0.1, -0.05) is 55.3 Å². The zero-order valence-electron chi connectivity index (χ0n) is 20.1. The minimum absolute atomic E-state index is 0.0706. The van der Waals surface area contributed by atoms with Crippen LogP contribution in [-0.2, 0) is 15.9 Å². The molecule has 3 atom stereocenters. The SMILES string of the molecule is COc1cncc2c1C1(O)CCC(c3ccccc3)C1(c1ccc(C#N)cc1)O2.SN1CCOCC1. The molecule has 3 aromatic rings. The Labute approximate surface area is 216 Å². The van der Waals surface area contributed by atoms with Gasteiger partial charge in [0.1, 0.15) is 17.1 Å². The zero-order valence-corrected chi connectivity index (χ0v) is 21.0. The van der Waals surface area contributed by atoms with E-state index < -0.39 is 11.2 Å². The fraction of sp³-hybridized carbons (Fsp3) is 0.357. The lowest BCUT2D eigenvalue weighted by Crippen LogP contribution is -2.48. The molecule has 0 bridgehead atoms. The fourth-order valence-corrected chi connectivity index (χ4v) is 5.83. The van der Waals surface area contributed by atoms with Gasteiger partial charge in [0.2, 0.25) is 0 Å². The van der Waals surface area contributed by atoms with Crippen LogP contribution in [-0.4, -0.2) is 47.8 Å². The first kappa shape index (κ1) is 24.6. The van der Waals surface area contributed by atoms with Crippen LogP contribution in [0.5, 0.6) is 11.5 Å². The minimum atomic E-state index is -1.27. The molecule has 6 rings (SSSR count). The molecular formula is C28H29N3O4S. The number of methoxy groups -OCH3 is 1. The van der Waals surface area contributed by atoms with Crippen LogP contribution in [0.25, 0.3) is 0 Å². The van der Waals surface area contributed by atoms with Crippen molar-refractivity contribution in [3.8, 4) is 17.6 Å². The number of fused-ring (bicyclic) bond motifs is 3. The molecule has 7 nitrogen and oxygen atoms in total. The highest BCUT2D eigenvalue weighted by molar-refractivity contribution is 7.77. The summed E-state index contributed by atoms with van der Waals surface area (Å²) in [5, 5.41) is 21.4. The number of pyridine rings is 1. The largest absolute Gasteiger partial charge is 0.495 e. The van der Waals surface area contributed by atoms with Crippen LogP contribution in [0.2, 0.25) is 0 Å². The Morgan fingerprint density at radius 3 is 2.44 bits per heavy atom. The third kappa shape index (κ3) is 4.02. The molecule has 8 heteroatoms. The zero-order chi connectivity index (χ0) is 25.2. The molecule has 1 aromatic heterocycles. The molecule has 1 saturated carbocycles. The molecule has 1 saturated heterocycles. The Hall–Kier alpha value is -3.09. The third-order valence-electron chi connectivity index (χ3n) is 7.31. The molecule has 2 fully saturated rings. The standard InChI is InChI=1S/C24H20N2O3.C4H9NOS/c1-28-20-14-26-15-21-22(20)23(27)12-11-19(17-5-3-2-4-6-17)24(23,29-21)18-9-7-16(13-25)8-10-18;7-5-1-3-6-4-2-5/h2-10,14-15,19,27H,11-12H2,1H3;7H,1-4H2. The number of ether oxygens (including phenoxy) is 3. The lowest BCUT2D eigenvalue weighted by Gasteiger charge is -2.40. The van der Waals surface area contributed by atoms with Gasteiger partial charge < -0.3 is 19.3 Å². The van der Waals surface area contributed by atoms with Crippen molar-refractivity contribution >= 4 is 12.8 Å². The van der Waals surface area contributed by atoms with Gasteiger partial charge in [-0.25, -0.2) is 4.31 Å². The van der Waals surface area contributed by atoms with Gasteiger partial charge in [0.05, 0.1) is 49.9 Å². The molecule has 2 aromatic carbocycles. The molecule has 1 aliphatic carbocycles. The van der Waals surface area contributed by atoms with Crippen molar-refractivity contribution in [1.29, 1.82) is 5.26 Å². The van der Waals surface area contributed by atoms with E-state index in [1.54, 1.807) is 31.6 Å². The maximum atomic E-state index is 12.2. The number of nitriles is 1. The smallest absolute Gasteiger partial charge is 0.174 e. The molecule has 3 aliphatic rings. The first-order chi connectivity index (χ1) is 17.5. The van der Waals surface area contributed by atoms with Crippen molar-refractivity contribution < 1.29 is 19.3 Å². The lowest BCUT2D eigenvalue weighted by molar-refractivity contribution is -0.106. The van der Waals surface area contributed by atoms with Crippen LogP contribution in [0.3, 0.4) is 0 Å². The van der Waals surface area contributed by atoms with Crippen LogP contribution < -0.4 is 9.47 Å². The second-order valence-electron chi connectivity index (χ2n) is 9.17. The summed E-state index contributed by atoms with van der Waals surface area (Å²) in [5.74, 6) is 0.991. The normalized spacial score (nSPS) is 26.6.